The summed E-state index contributed by atoms with van der Waals surface area (Å²) < 4.78 is 99.6. The Bertz CT molecular complexity index is 785. The molecule has 0 N–H and O–H groups in total. The van der Waals surface area contributed by atoms with Gasteiger partial charge < -0.3 is 9.47 Å². The van der Waals surface area contributed by atoms with Crippen molar-refractivity contribution in [2.24, 2.45) is 0 Å². The van der Waals surface area contributed by atoms with E-state index in [2.05, 4.69) is 9.72 Å². The van der Waals surface area contributed by atoms with E-state index in [0.717, 1.165) is 25.4 Å². The van der Waals surface area contributed by atoms with E-state index in [1.165, 1.54) is 12.1 Å². The molecular weight excluding hydrogens is 387 g/mol. The first kappa shape index (κ1) is 20.5. The zero-order valence-electron chi connectivity index (χ0n) is 13.4. The summed E-state index contributed by atoms with van der Waals surface area (Å²) in [5, 5.41) is 0. The molecule has 146 valence electrons. The molecule has 1 aromatic carbocycles. The van der Waals surface area contributed by atoms with Crippen LogP contribution in [0.15, 0.2) is 42.6 Å². The largest absolute Gasteiger partial charge is 0.465 e. The Balaban J connectivity index is 2.25. The van der Waals surface area contributed by atoms with Crippen molar-refractivity contribution in [2.45, 2.75) is 18.0 Å². The molecule has 0 atom stereocenters. The van der Waals surface area contributed by atoms with Gasteiger partial charge in [0, 0.05) is 17.8 Å². The fourth-order valence-electron chi connectivity index (χ4n) is 2.04. The normalized spacial score (nSPS) is 12.6. The summed E-state index contributed by atoms with van der Waals surface area (Å²) in [6.07, 6.45) is -11.3. The Morgan fingerprint density at radius 1 is 0.889 bits per heavy atom. The van der Waals surface area contributed by atoms with Gasteiger partial charge in [-0.05, 0) is 18.2 Å². The van der Waals surface area contributed by atoms with Gasteiger partial charge in [-0.15, -0.1) is 0 Å². The summed E-state index contributed by atoms with van der Waals surface area (Å²) >= 11 is 0. The van der Waals surface area contributed by atoms with Gasteiger partial charge in [0.15, 0.2) is 0 Å². The predicted molar refractivity (Wildman–Crippen MR) is 77.0 cm³/mol. The summed E-state index contributed by atoms with van der Waals surface area (Å²) in [4.78, 5) is 15.0. The molecule has 0 spiro atoms. The van der Waals surface area contributed by atoms with E-state index >= 15 is 0 Å². The zero-order valence-corrected chi connectivity index (χ0v) is 13.4. The molecule has 11 heteroatoms. The summed E-state index contributed by atoms with van der Waals surface area (Å²) in [5.41, 5.74) is -7.06. The molecule has 0 saturated heterocycles. The standard InChI is InChI=1S/C16H10F7NO3/c1-26-13(25)9-2-7-12(24-8-9)27-11-5-3-10(4-6-11)14(17,15(18,19)20)16(21,22)23/h2-8H,1H3. The molecule has 0 fully saturated rings. The number of halogens is 7. The fourth-order valence-corrected chi connectivity index (χ4v) is 2.04. The third kappa shape index (κ3) is 3.96. The zero-order chi connectivity index (χ0) is 20.5. The van der Waals surface area contributed by atoms with Crippen LogP contribution in [0.1, 0.15) is 15.9 Å². The first-order valence-electron chi connectivity index (χ1n) is 7.05. The molecule has 2 aromatic rings. The third-order valence-corrected chi connectivity index (χ3v) is 3.41. The van der Waals surface area contributed by atoms with Crippen molar-refractivity contribution in [3.8, 4) is 11.6 Å². The molecule has 1 aromatic heterocycles. The van der Waals surface area contributed by atoms with Gasteiger partial charge in [0.05, 0.1) is 12.7 Å². The first-order chi connectivity index (χ1) is 12.4. The van der Waals surface area contributed by atoms with Crippen LogP contribution in [0, 0.1) is 0 Å². The van der Waals surface area contributed by atoms with E-state index in [9.17, 15) is 35.5 Å². The molecule has 0 radical (unpaired) electrons. The highest BCUT2D eigenvalue weighted by molar-refractivity contribution is 5.88. The summed E-state index contributed by atoms with van der Waals surface area (Å²) in [7, 11) is 1.15. The van der Waals surface area contributed by atoms with Crippen molar-refractivity contribution in [2.75, 3.05) is 7.11 Å². The minimum atomic E-state index is -6.20. The topological polar surface area (TPSA) is 48.4 Å². The average molecular weight is 397 g/mol. The van der Waals surface area contributed by atoms with Crippen molar-refractivity contribution >= 4 is 5.97 Å². The van der Waals surface area contributed by atoms with E-state index < -0.39 is 29.6 Å². The van der Waals surface area contributed by atoms with Crippen molar-refractivity contribution in [3.05, 3.63) is 53.7 Å². The Kier molecular flexibility index (Phi) is 5.34. The Labute approximate surface area is 147 Å². The van der Waals surface area contributed by atoms with Crippen LogP contribution in [0.4, 0.5) is 30.7 Å². The van der Waals surface area contributed by atoms with Gasteiger partial charge in [-0.2, -0.15) is 26.3 Å². The lowest BCUT2D eigenvalue weighted by molar-refractivity contribution is -0.348. The number of nitrogens with zero attached hydrogens (tertiary/aromatic N) is 1. The van der Waals surface area contributed by atoms with Crippen LogP contribution in [0.5, 0.6) is 11.6 Å². The highest BCUT2D eigenvalue weighted by atomic mass is 19.4. The second kappa shape index (κ2) is 7.05. The maximum absolute atomic E-state index is 13.9. The number of rotatable bonds is 4. The molecule has 0 unspecified atom stereocenters. The van der Waals surface area contributed by atoms with Gasteiger partial charge in [0.2, 0.25) is 5.88 Å². The van der Waals surface area contributed by atoms with Crippen molar-refractivity contribution in [1.82, 2.24) is 4.98 Å². The number of carbonyl (C=O) groups excluding carboxylic acids is 1. The van der Waals surface area contributed by atoms with E-state index in [1.807, 2.05) is 0 Å². The number of aromatic nitrogens is 1. The predicted octanol–water partition coefficient (Wildman–Crippen LogP) is 4.95. The van der Waals surface area contributed by atoms with Gasteiger partial charge in [-0.25, -0.2) is 14.2 Å². The Hall–Kier alpha value is -2.85. The molecule has 4 nitrogen and oxygen atoms in total. The molecule has 0 aliphatic carbocycles. The number of methoxy groups -OCH3 is 1. The van der Waals surface area contributed by atoms with Crippen molar-refractivity contribution in [3.63, 3.8) is 0 Å². The van der Waals surface area contributed by atoms with Crippen LogP contribution < -0.4 is 4.74 Å². The number of benzene rings is 1. The number of ether oxygens (including phenoxy) is 2. The number of alkyl halides is 7. The van der Waals surface area contributed by atoms with Crippen LogP contribution in [-0.4, -0.2) is 30.4 Å². The number of carbonyl (C=O) groups is 1. The van der Waals surface area contributed by atoms with Crippen LogP contribution in [-0.2, 0) is 10.4 Å². The van der Waals surface area contributed by atoms with Crippen molar-refractivity contribution in [1.29, 1.82) is 0 Å². The van der Waals surface area contributed by atoms with Crippen LogP contribution in [0.25, 0.3) is 0 Å². The number of pyridine rings is 1. The highest BCUT2D eigenvalue weighted by Crippen LogP contribution is 2.53. The number of hydrogen-bond acceptors (Lipinski definition) is 4. The summed E-state index contributed by atoms with van der Waals surface area (Å²) in [6, 6.07) is 4.61. The first-order valence-corrected chi connectivity index (χ1v) is 7.05. The second-order valence-electron chi connectivity index (χ2n) is 5.16. The molecule has 0 saturated carbocycles. The van der Waals surface area contributed by atoms with Crippen LogP contribution >= 0.6 is 0 Å². The summed E-state index contributed by atoms with van der Waals surface area (Å²) in [5.74, 6) is -0.964. The molecular formula is C16H10F7NO3. The molecule has 0 aliphatic rings. The van der Waals surface area contributed by atoms with Gasteiger partial charge in [0.1, 0.15) is 5.75 Å². The van der Waals surface area contributed by atoms with E-state index in [0.29, 0.717) is 12.1 Å². The van der Waals surface area contributed by atoms with Crippen LogP contribution in [0.3, 0.4) is 0 Å². The average Bonchev–Trinajstić information content (AvgIpc) is 2.59. The lowest BCUT2D eigenvalue weighted by atomic mass is 9.94. The molecule has 0 amide bonds. The minimum Gasteiger partial charge on any atom is -0.465 e. The molecule has 0 bridgehead atoms. The molecule has 2 rings (SSSR count). The van der Waals surface area contributed by atoms with E-state index in [-0.39, 0.29) is 17.2 Å². The van der Waals surface area contributed by atoms with Gasteiger partial charge in [-0.3, -0.25) is 0 Å². The Morgan fingerprint density at radius 3 is 1.85 bits per heavy atom. The fraction of sp³-hybridized carbons (Fsp3) is 0.250. The lowest BCUT2D eigenvalue weighted by Crippen LogP contribution is -2.50. The molecule has 0 aliphatic heterocycles. The van der Waals surface area contributed by atoms with Gasteiger partial charge >= 0.3 is 24.0 Å². The SMILES string of the molecule is COC(=O)c1ccc(Oc2ccc(C(F)(C(F)(F)F)C(F)(F)F)cc2)nc1. The smallest absolute Gasteiger partial charge is 0.435 e. The monoisotopic (exact) mass is 397 g/mol. The maximum atomic E-state index is 13.9. The van der Waals surface area contributed by atoms with Gasteiger partial charge in [0.25, 0.3) is 0 Å². The van der Waals surface area contributed by atoms with Gasteiger partial charge in [-0.1, -0.05) is 12.1 Å². The van der Waals surface area contributed by atoms with E-state index in [1.54, 1.807) is 0 Å². The number of hydrogen-bond donors (Lipinski definition) is 0. The third-order valence-electron chi connectivity index (χ3n) is 3.41. The second-order valence-corrected chi connectivity index (χ2v) is 5.16. The summed E-state index contributed by atoms with van der Waals surface area (Å²) in [6.45, 7) is 0. The lowest BCUT2D eigenvalue weighted by Gasteiger charge is -2.30. The maximum Gasteiger partial charge on any atom is 0.435 e. The molecule has 27 heavy (non-hydrogen) atoms. The highest BCUT2D eigenvalue weighted by Gasteiger charge is 2.73. The quantitative estimate of drug-likeness (QED) is 0.541. The Morgan fingerprint density at radius 2 is 1.44 bits per heavy atom. The van der Waals surface area contributed by atoms with Crippen LogP contribution in [0.2, 0.25) is 0 Å². The molecule has 1 heterocycles. The van der Waals surface area contributed by atoms with E-state index in [4.69, 9.17) is 4.74 Å². The van der Waals surface area contributed by atoms with Crippen molar-refractivity contribution < 1.29 is 45.0 Å². The number of esters is 1. The minimum absolute atomic E-state index is 0.0952.